The molecule has 0 fully saturated rings. The second-order valence-corrected chi connectivity index (χ2v) is 7.59. The first kappa shape index (κ1) is 18.3. The highest BCUT2D eigenvalue weighted by molar-refractivity contribution is 7.25. The van der Waals surface area contributed by atoms with Crippen LogP contribution < -0.4 is 10.9 Å². The van der Waals surface area contributed by atoms with Crippen molar-refractivity contribution in [1.82, 2.24) is 9.55 Å². The van der Waals surface area contributed by atoms with Crippen LogP contribution in [0, 0.1) is 12.7 Å². The Bertz CT molecular complexity index is 1260. The van der Waals surface area contributed by atoms with Crippen LogP contribution in [0.4, 0.5) is 10.1 Å². The third kappa shape index (κ3) is 3.18. The van der Waals surface area contributed by atoms with Crippen molar-refractivity contribution < 1.29 is 9.18 Å². The SMILES string of the molecule is CCc1ccc(NC(=O)Cn2c(C)nc3c(sc4cccc(F)c43)c2=O)cc1. The van der Waals surface area contributed by atoms with E-state index in [-0.39, 0.29) is 18.0 Å². The van der Waals surface area contributed by atoms with Gasteiger partial charge in [0.2, 0.25) is 5.91 Å². The number of nitrogens with one attached hydrogen (secondary N) is 1. The number of carbonyl (C=O) groups is 1. The van der Waals surface area contributed by atoms with E-state index in [0.29, 0.717) is 31.8 Å². The molecule has 1 N–H and O–H groups in total. The molecule has 0 atom stereocenters. The molecular weight excluding hydrogens is 377 g/mol. The molecular formula is C21H18FN3O2S. The smallest absolute Gasteiger partial charge is 0.272 e. The number of benzene rings is 2. The van der Waals surface area contributed by atoms with Gasteiger partial charge in [-0.15, -0.1) is 11.3 Å². The zero-order valence-corrected chi connectivity index (χ0v) is 16.3. The molecule has 0 spiro atoms. The number of hydrogen-bond donors (Lipinski definition) is 1. The summed E-state index contributed by atoms with van der Waals surface area (Å²) in [5.74, 6) is -0.346. The topological polar surface area (TPSA) is 64.0 Å². The molecule has 28 heavy (non-hydrogen) atoms. The molecule has 0 aliphatic heterocycles. The minimum Gasteiger partial charge on any atom is -0.325 e. The fourth-order valence-electron chi connectivity index (χ4n) is 3.19. The number of hydrogen-bond acceptors (Lipinski definition) is 4. The summed E-state index contributed by atoms with van der Waals surface area (Å²) < 4.78 is 16.6. The summed E-state index contributed by atoms with van der Waals surface area (Å²) >= 11 is 1.19. The van der Waals surface area contributed by atoms with Crippen LogP contribution in [0.5, 0.6) is 0 Å². The summed E-state index contributed by atoms with van der Waals surface area (Å²) in [5.41, 5.74) is 1.87. The van der Waals surface area contributed by atoms with Gasteiger partial charge in [-0.1, -0.05) is 25.1 Å². The molecule has 1 amide bonds. The predicted octanol–water partition coefficient (Wildman–Crippen LogP) is 4.26. The maximum absolute atomic E-state index is 14.2. The number of halogens is 1. The fourth-order valence-corrected chi connectivity index (χ4v) is 4.29. The van der Waals surface area contributed by atoms with E-state index in [1.807, 2.05) is 24.3 Å². The highest BCUT2D eigenvalue weighted by atomic mass is 32.1. The van der Waals surface area contributed by atoms with E-state index in [2.05, 4.69) is 17.2 Å². The Morgan fingerprint density at radius 1 is 1.21 bits per heavy atom. The van der Waals surface area contributed by atoms with Crippen LogP contribution in [0.25, 0.3) is 20.3 Å². The summed E-state index contributed by atoms with van der Waals surface area (Å²) in [6, 6.07) is 12.3. The lowest BCUT2D eigenvalue weighted by molar-refractivity contribution is -0.116. The van der Waals surface area contributed by atoms with Gasteiger partial charge in [0.25, 0.3) is 5.56 Å². The van der Waals surface area contributed by atoms with Crippen LogP contribution in [-0.4, -0.2) is 15.5 Å². The second-order valence-electron chi connectivity index (χ2n) is 6.54. The van der Waals surface area contributed by atoms with Gasteiger partial charge in [0.05, 0.1) is 10.9 Å². The number of nitrogens with zero attached hydrogens (tertiary/aromatic N) is 2. The van der Waals surface area contributed by atoms with Gasteiger partial charge < -0.3 is 5.32 Å². The van der Waals surface area contributed by atoms with Crippen LogP contribution >= 0.6 is 11.3 Å². The summed E-state index contributed by atoms with van der Waals surface area (Å²) in [7, 11) is 0. The van der Waals surface area contributed by atoms with E-state index in [0.717, 1.165) is 6.42 Å². The van der Waals surface area contributed by atoms with Crippen LogP contribution in [0.3, 0.4) is 0 Å². The fraction of sp³-hybridized carbons (Fsp3) is 0.190. The molecule has 4 aromatic rings. The first-order valence-electron chi connectivity index (χ1n) is 8.95. The monoisotopic (exact) mass is 395 g/mol. The molecule has 0 radical (unpaired) electrons. The maximum atomic E-state index is 14.2. The Labute approximate surface area is 164 Å². The van der Waals surface area contributed by atoms with Crippen LogP contribution in [-0.2, 0) is 17.8 Å². The van der Waals surface area contributed by atoms with Gasteiger partial charge in [-0.2, -0.15) is 0 Å². The van der Waals surface area contributed by atoms with Crippen molar-refractivity contribution in [1.29, 1.82) is 0 Å². The van der Waals surface area contributed by atoms with E-state index in [4.69, 9.17) is 0 Å². The van der Waals surface area contributed by atoms with Gasteiger partial charge in [-0.3, -0.25) is 14.2 Å². The molecule has 142 valence electrons. The van der Waals surface area contributed by atoms with E-state index >= 15 is 0 Å². The Morgan fingerprint density at radius 2 is 1.96 bits per heavy atom. The molecule has 4 rings (SSSR count). The number of fused-ring (bicyclic) bond motifs is 3. The third-order valence-electron chi connectivity index (χ3n) is 4.69. The number of amides is 1. The van der Waals surface area contributed by atoms with Crippen molar-refractivity contribution in [2.45, 2.75) is 26.8 Å². The molecule has 0 unspecified atom stereocenters. The number of aromatic nitrogens is 2. The number of aryl methyl sites for hydroxylation is 2. The predicted molar refractivity (Wildman–Crippen MR) is 111 cm³/mol. The number of rotatable bonds is 4. The van der Waals surface area contributed by atoms with Gasteiger partial charge in [0.15, 0.2) is 0 Å². The van der Waals surface area contributed by atoms with Gasteiger partial charge in [-0.25, -0.2) is 9.37 Å². The van der Waals surface area contributed by atoms with Crippen molar-refractivity contribution in [3.63, 3.8) is 0 Å². The molecule has 0 saturated heterocycles. The Morgan fingerprint density at radius 3 is 2.68 bits per heavy atom. The van der Waals surface area contributed by atoms with Gasteiger partial charge in [0.1, 0.15) is 22.9 Å². The zero-order chi connectivity index (χ0) is 19.8. The molecule has 2 heterocycles. The Balaban J connectivity index is 1.68. The Hall–Kier alpha value is -3.06. The Kier molecular flexibility index (Phi) is 4.68. The average Bonchev–Trinajstić information content (AvgIpc) is 3.06. The molecule has 0 aliphatic rings. The van der Waals surface area contributed by atoms with Crippen molar-refractivity contribution in [2.75, 3.05) is 5.32 Å². The highest BCUT2D eigenvalue weighted by Crippen LogP contribution is 2.32. The molecule has 0 saturated carbocycles. The van der Waals surface area contributed by atoms with Gasteiger partial charge in [0, 0.05) is 10.4 Å². The molecule has 5 nitrogen and oxygen atoms in total. The molecule has 2 aromatic carbocycles. The first-order valence-corrected chi connectivity index (χ1v) is 9.76. The summed E-state index contributed by atoms with van der Waals surface area (Å²) in [6.45, 7) is 3.56. The number of anilines is 1. The van der Waals surface area contributed by atoms with Gasteiger partial charge in [-0.05, 0) is 43.2 Å². The van der Waals surface area contributed by atoms with Crippen molar-refractivity contribution in [2.24, 2.45) is 0 Å². The molecule has 2 aromatic heterocycles. The lowest BCUT2D eigenvalue weighted by Gasteiger charge is -2.10. The van der Waals surface area contributed by atoms with Gasteiger partial charge >= 0.3 is 0 Å². The molecule has 7 heteroatoms. The lowest BCUT2D eigenvalue weighted by Crippen LogP contribution is -2.29. The largest absolute Gasteiger partial charge is 0.325 e. The number of thiophene rings is 1. The molecule has 0 aliphatic carbocycles. The van der Waals surface area contributed by atoms with E-state index in [1.54, 1.807) is 19.1 Å². The summed E-state index contributed by atoms with van der Waals surface area (Å²) in [5, 5.41) is 3.15. The number of carbonyl (C=O) groups excluding carboxylic acids is 1. The van der Waals surface area contributed by atoms with E-state index in [9.17, 15) is 14.0 Å². The van der Waals surface area contributed by atoms with Crippen molar-refractivity contribution >= 4 is 43.2 Å². The maximum Gasteiger partial charge on any atom is 0.272 e. The first-order chi connectivity index (χ1) is 13.5. The van der Waals surface area contributed by atoms with E-state index < -0.39 is 5.82 Å². The average molecular weight is 395 g/mol. The summed E-state index contributed by atoms with van der Waals surface area (Å²) in [4.78, 5) is 29.8. The van der Waals surface area contributed by atoms with E-state index in [1.165, 1.54) is 27.5 Å². The summed E-state index contributed by atoms with van der Waals surface area (Å²) in [6.07, 6.45) is 0.921. The quantitative estimate of drug-likeness (QED) is 0.562. The lowest BCUT2D eigenvalue weighted by atomic mass is 10.1. The second kappa shape index (κ2) is 7.16. The third-order valence-corrected chi connectivity index (χ3v) is 5.82. The van der Waals surface area contributed by atoms with Crippen molar-refractivity contribution in [3.8, 4) is 0 Å². The van der Waals surface area contributed by atoms with Crippen LogP contribution in [0.2, 0.25) is 0 Å². The molecule has 0 bridgehead atoms. The minimum absolute atomic E-state index is 0.153. The minimum atomic E-state index is -0.402. The highest BCUT2D eigenvalue weighted by Gasteiger charge is 2.18. The standard InChI is InChI=1S/C21H18FN3O2S/c1-3-13-7-9-14(10-8-13)24-17(26)11-25-12(2)23-19-18-15(22)5-4-6-16(18)28-20(19)21(25)27/h4-10H,3,11H2,1-2H3,(H,24,26). The van der Waals surface area contributed by atoms with Crippen LogP contribution in [0.15, 0.2) is 47.3 Å². The normalized spacial score (nSPS) is 11.2. The van der Waals surface area contributed by atoms with Crippen LogP contribution in [0.1, 0.15) is 18.3 Å². The van der Waals surface area contributed by atoms with Crippen molar-refractivity contribution in [3.05, 3.63) is 70.0 Å². The zero-order valence-electron chi connectivity index (χ0n) is 15.5.